The molecule has 0 saturated carbocycles. The molecule has 78 valence electrons. The van der Waals surface area contributed by atoms with Crippen molar-refractivity contribution in [2.75, 3.05) is 0 Å². The van der Waals surface area contributed by atoms with E-state index in [2.05, 4.69) is 57.8 Å². The number of rotatable bonds is 0. The van der Waals surface area contributed by atoms with Crippen LogP contribution in [0.25, 0.3) is 10.9 Å². The molecule has 0 aliphatic rings. The second-order valence-electron chi connectivity index (χ2n) is 2.70. The van der Waals surface area contributed by atoms with E-state index < -0.39 is 0 Å². The van der Waals surface area contributed by atoms with Gasteiger partial charge in [-0.1, -0.05) is 11.6 Å². The van der Waals surface area contributed by atoms with Crippen molar-refractivity contribution in [3.8, 4) is 5.75 Å². The molecular formula is C8H2Br3ClN2O. The molecule has 2 rings (SSSR count). The Labute approximate surface area is 115 Å². The van der Waals surface area contributed by atoms with Crippen molar-refractivity contribution in [1.82, 2.24) is 9.97 Å². The van der Waals surface area contributed by atoms with Crippen LogP contribution in [-0.4, -0.2) is 15.1 Å². The van der Waals surface area contributed by atoms with E-state index in [1.807, 2.05) is 0 Å². The van der Waals surface area contributed by atoms with Crippen LogP contribution in [0.15, 0.2) is 19.7 Å². The van der Waals surface area contributed by atoms with Crippen LogP contribution in [0.2, 0.25) is 5.15 Å². The van der Waals surface area contributed by atoms with Gasteiger partial charge in [-0.15, -0.1) is 0 Å². The van der Waals surface area contributed by atoms with Crippen molar-refractivity contribution >= 4 is 70.3 Å². The number of phenols is 1. The lowest BCUT2D eigenvalue weighted by atomic mass is 10.2. The number of phenolic OH excluding ortho intramolecular Hbond substituents is 1. The highest BCUT2D eigenvalue weighted by molar-refractivity contribution is 9.11. The molecule has 0 aliphatic carbocycles. The molecule has 3 nitrogen and oxygen atoms in total. The summed E-state index contributed by atoms with van der Waals surface area (Å²) in [7, 11) is 0. The van der Waals surface area contributed by atoms with Crippen molar-refractivity contribution in [2.45, 2.75) is 0 Å². The van der Waals surface area contributed by atoms with E-state index >= 15 is 0 Å². The number of aromatic hydroxyl groups is 1. The molecule has 15 heavy (non-hydrogen) atoms. The third-order valence-corrected chi connectivity index (χ3v) is 3.64. The number of hydrogen-bond acceptors (Lipinski definition) is 3. The largest absolute Gasteiger partial charge is 0.505 e. The summed E-state index contributed by atoms with van der Waals surface area (Å²) in [6.07, 6.45) is 0. The Kier molecular flexibility index (Phi) is 3.21. The van der Waals surface area contributed by atoms with Gasteiger partial charge in [0.1, 0.15) is 10.7 Å². The van der Waals surface area contributed by atoms with Gasteiger partial charge in [-0.25, -0.2) is 9.97 Å². The van der Waals surface area contributed by atoms with Crippen LogP contribution in [0, 0.1) is 0 Å². The minimum atomic E-state index is 0.0400. The molecule has 0 fully saturated rings. The first-order valence-corrected chi connectivity index (χ1v) is 6.46. The molecule has 1 aromatic carbocycles. The predicted molar refractivity (Wildman–Crippen MR) is 69.3 cm³/mol. The maximum atomic E-state index is 9.79. The van der Waals surface area contributed by atoms with Gasteiger partial charge in [0.05, 0.1) is 9.86 Å². The summed E-state index contributed by atoms with van der Waals surface area (Å²) in [5.41, 5.74) is 0.392. The third kappa shape index (κ3) is 2.00. The summed E-state index contributed by atoms with van der Waals surface area (Å²) in [5, 5.41) is 10.7. The molecule has 0 bridgehead atoms. The molecule has 0 spiro atoms. The molecule has 7 heteroatoms. The zero-order valence-corrected chi connectivity index (χ0v) is 12.4. The number of aromatic nitrogens is 2. The molecule has 1 heterocycles. The van der Waals surface area contributed by atoms with Crippen LogP contribution in [0.4, 0.5) is 0 Å². The maximum Gasteiger partial charge on any atom is 0.198 e. The van der Waals surface area contributed by atoms with Crippen LogP contribution in [0.3, 0.4) is 0 Å². The van der Waals surface area contributed by atoms with Crippen molar-refractivity contribution < 1.29 is 5.11 Å². The smallest absolute Gasteiger partial charge is 0.198 e. The third-order valence-electron chi connectivity index (χ3n) is 1.78. The van der Waals surface area contributed by atoms with Crippen molar-refractivity contribution in [1.29, 1.82) is 0 Å². The molecular weight excluding hydrogens is 415 g/mol. The summed E-state index contributed by atoms with van der Waals surface area (Å²) in [6.45, 7) is 0. The Morgan fingerprint density at radius 2 is 1.80 bits per heavy atom. The Morgan fingerprint density at radius 1 is 1.13 bits per heavy atom. The van der Waals surface area contributed by atoms with Crippen LogP contribution >= 0.6 is 59.4 Å². The first-order chi connectivity index (χ1) is 7.00. The zero-order valence-electron chi connectivity index (χ0n) is 6.93. The maximum absolute atomic E-state index is 9.79. The molecule has 0 aliphatic heterocycles. The normalized spacial score (nSPS) is 10.9. The molecule has 0 atom stereocenters. The topological polar surface area (TPSA) is 46.0 Å². The Morgan fingerprint density at radius 3 is 2.47 bits per heavy atom. The van der Waals surface area contributed by atoms with Gasteiger partial charge in [-0.2, -0.15) is 0 Å². The van der Waals surface area contributed by atoms with Gasteiger partial charge in [0, 0.05) is 4.47 Å². The van der Waals surface area contributed by atoms with Crippen molar-refractivity contribution in [3.05, 3.63) is 24.9 Å². The number of hydrogen-bond donors (Lipinski definition) is 1. The summed E-state index contributed by atoms with van der Waals surface area (Å²) < 4.78 is 1.60. The van der Waals surface area contributed by atoms with E-state index in [1.165, 1.54) is 0 Å². The second-order valence-corrected chi connectivity index (χ2v) is 5.47. The second kappa shape index (κ2) is 4.16. The summed E-state index contributed by atoms with van der Waals surface area (Å²) >= 11 is 15.6. The molecule has 0 saturated heterocycles. The highest BCUT2D eigenvalue weighted by Gasteiger charge is 2.14. The highest BCUT2D eigenvalue weighted by Crippen LogP contribution is 2.39. The van der Waals surface area contributed by atoms with Gasteiger partial charge >= 0.3 is 0 Å². The molecule has 0 amide bonds. The Hall–Kier alpha value is 0.0900. The summed E-state index contributed by atoms with van der Waals surface area (Å²) in [6, 6.07) is 1.70. The first kappa shape index (κ1) is 11.6. The Balaban J connectivity index is 3.02. The van der Waals surface area contributed by atoms with E-state index in [-0.39, 0.29) is 10.9 Å². The molecule has 1 N–H and O–H groups in total. The van der Waals surface area contributed by atoms with Gasteiger partial charge in [0.25, 0.3) is 0 Å². The standard InChI is InChI=1S/C8H2Br3ClN2O/c9-2-1-3(10)6(15)5-4(2)7(12)14-8(11)13-5/h1,15H. The Bertz CT molecular complexity index is 553. The van der Waals surface area contributed by atoms with E-state index in [0.29, 0.717) is 20.1 Å². The number of halogens is 4. The molecule has 2 aromatic rings. The molecule has 0 radical (unpaired) electrons. The lowest BCUT2D eigenvalue weighted by molar-refractivity contribution is 0.477. The lowest BCUT2D eigenvalue weighted by Crippen LogP contribution is -1.89. The molecule has 0 unspecified atom stereocenters. The lowest BCUT2D eigenvalue weighted by Gasteiger charge is -2.06. The van der Waals surface area contributed by atoms with E-state index in [9.17, 15) is 5.11 Å². The molecule has 1 aromatic heterocycles. The van der Waals surface area contributed by atoms with Gasteiger partial charge < -0.3 is 5.11 Å². The summed E-state index contributed by atoms with van der Waals surface area (Å²) in [5.74, 6) is 0.0400. The van der Waals surface area contributed by atoms with Gasteiger partial charge in [-0.05, 0) is 53.9 Å². The van der Waals surface area contributed by atoms with Gasteiger partial charge in [0.2, 0.25) is 0 Å². The van der Waals surface area contributed by atoms with Crippen molar-refractivity contribution in [3.63, 3.8) is 0 Å². The fourth-order valence-corrected chi connectivity index (χ4v) is 3.33. The van der Waals surface area contributed by atoms with Crippen LogP contribution in [0.1, 0.15) is 0 Å². The highest BCUT2D eigenvalue weighted by atomic mass is 79.9. The van der Waals surface area contributed by atoms with Crippen LogP contribution in [0.5, 0.6) is 5.75 Å². The predicted octanol–water partition coefficient (Wildman–Crippen LogP) is 4.28. The first-order valence-electron chi connectivity index (χ1n) is 3.70. The van der Waals surface area contributed by atoms with Gasteiger partial charge in [0.15, 0.2) is 10.5 Å². The number of fused-ring (bicyclic) bond motifs is 1. The average Bonchev–Trinajstić information content (AvgIpc) is 2.12. The average molecular weight is 417 g/mol. The fraction of sp³-hybridized carbons (Fsp3) is 0. The minimum Gasteiger partial charge on any atom is -0.505 e. The summed E-state index contributed by atoms with van der Waals surface area (Å²) in [4.78, 5) is 8.02. The fourth-order valence-electron chi connectivity index (χ4n) is 1.16. The number of nitrogens with zero attached hydrogens (tertiary/aromatic N) is 2. The zero-order chi connectivity index (χ0) is 11.2. The van der Waals surface area contributed by atoms with Gasteiger partial charge in [-0.3, -0.25) is 0 Å². The van der Waals surface area contributed by atoms with E-state index in [0.717, 1.165) is 4.47 Å². The minimum absolute atomic E-state index is 0.0400. The SMILES string of the molecule is Oc1c(Br)cc(Br)c2c(Cl)nc(Br)nc12. The van der Waals surface area contributed by atoms with Crippen LogP contribution < -0.4 is 0 Å². The monoisotopic (exact) mass is 414 g/mol. The van der Waals surface area contributed by atoms with Crippen molar-refractivity contribution in [2.24, 2.45) is 0 Å². The number of benzene rings is 1. The van der Waals surface area contributed by atoms with Crippen LogP contribution in [-0.2, 0) is 0 Å². The quantitative estimate of drug-likeness (QED) is 0.514. The van der Waals surface area contributed by atoms with E-state index in [4.69, 9.17) is 11.6 Å². The van der Waals surface area contributed by atoms with E-state index in [1.54, 1.807) is 6.07 Å².